The second-order valence-electron chi connectivity index (χ2n) is 5.41. The zero-order valence-corrected chi connectivity index (χ0v) is 14.8. The Balaban J connectivity index is 1.90. The maximum Gasteiger partial charge on any atom is 0.411 e. The third kappa shape index (κ3) is 6.45. The summed E-state index contributed by atoms with van der Waals surface area (Å²) in [5, 5.41) is 5.40. The molecule has 0 saturated carbocycles. The van der Waals surface area contributed by atoms with Gasteiger partial charge in [-0.25, -0.2) is 4.79 Å². The van der Waals surface area contributed by atoms with Gasteiger partial charge in [0.25, 0.3) is 0 Å². The predicted octanol–water partition coefficient (Wildman–Crippen LogP) is 3.07. The van der Waals surface area contributed by atoms with E-state index in [9.17, 15) is 9.59 Å². The molecule has 0 atom stereocenters. The Hall–Kier alpha value is -3.06. The van der Waals surface area contributed by atoms with E-state index in [0.29, 0.717) is 23.7 Å². The van der Waals surface area contributed by atoms with Crippen LogP contribution in [0.15, 0.2) is 48.5 Å². The van der Waals surface area contributed by atoms with Crippen LogP contribution in [0.1, 0.15) is 5.56 Å². The summed E-state index contributed by atoms with van der Waals surface area (Å²) in [5.41, 5.74) is 1.94. The number of benzene rings is 2. The van der Waals surface area contributed by atoms with Crippen LogP contribution in [0.5, 0.6) is 5.75 Å². The molecule has 2 rings (SSSR count). The molecule has 0 fully saturated rings. The minimum atomic E-state index is -0.582. The van der Waals surface area contributed by atoms with Crippen LogP contribution in [0, 0.1) is 0 Å². The van der Waals surface area contributed by atoms with Crippen molar-refractivity contribution in [3.63, 3.8) is 0 Å². The maximum absolute atomic E-state index is 12.2. The van der Waals surface area contributed by atoms with Crippen LogP contribution >= 0.6 is 0 Å². The molecule has 2 N–H and O–H groups in total. The topological polar surface area (TPSA) is 85.9 Å². The molecule has 2 aromatic carbocycles. The number of carbonyl (C=O) groups is 2. The Morgan fingerprint density at radius 3 is 2.38 bits per heavy atom. The molecule has 0 saturated heterocycles. The zero-order valence-electron chi connectivity index (χ0n) is 14.8. The average molecular weight is 358 g/mol. The molecule has 0 spiro atoms. The quantitative estimate of drug-likeness (QED) is 0.708. The van der Waals surface area contributed by atoms with Crippen LogP contribution < -0.4 is 15.4 Å². The van der Waals surface area contributed by atoms with Gasteiger partial charge in [-0.05, 0) is 35.9 Å². The van der Waals surface area contributed by atoms with Crippen molar-refractivity contribution < 1.29 is 23.8 Å². The molecule has 0 radical (unpaired) electrons. The summed E-state index contributed by atoms with van der Waals surface area (Å²) < 4.78 is 14.9. The molecule has 0 aliphatic heterocycles. The number of nitrogens with one attached hydrogen (secondary N) is 2. The third-order valence-corrected chi connectivity index (χ3v) is 3.41. The van der Waals surface area contributed by atoms with E-state index in [1.165, 1.54) is 7.11 Å². The van der Waals surface area contributed by atoms with Crippen molar-refractivity contribution in [1.29, 1.82) is 0 Å². The Labute approximate surface area is 152 Å². The first-order chi connectivity index (χ1) is 12.6. The van der Waals surface area contributed by atoms with Gasteiger partial charge in [0, 0.05) is 18.5 Å². The number of anilines is 2. The van der Waals surface area contributed by atoms with E-state index in [4.69, 9.17) is 14.2 Å². The molecule has 0 heterocycles. The Morgan fingerprint density at radius 1 is 0.923 bits per heavy atom. The van der Waals surface area contributed by atoms with Crippen molar-refractivity contribution in [2.45, 2.75) is 6.42 Å². The monoisotopic (exact) mass is 358 g/mol. The molecule has 0 aliphatic rings. The van der Waals surface area contributed by atoms with Crippen LogP contribution in [-0.4, -0.2) is 39.4 Å². The van der Waals surface area contributed by atoms with Crippen LogP contribution in [0.2, 0.25) is 0 Å². The van der Waals surface area contributed by atoms with Gasteiger partial charge in [0.05, 0.1) is 20.1 Å². The van der Waals surface area contributed by atoms with Gasteiger partial charge in [-0.15, -0.1) is 0 Å². The molecule has 7 nitrogen and oxygen atoms in total. The van der Waals surface area contributed by atoms with E-state index < -0.39 is 6.09 Å². The maximum atomic E-state index is 12.2. The van der Waals surface area contributed by atoms with Crippen molar-refractivity contribution in [3.8, 4) is 5.75 Å². The van der Waals surface area contributed by atoms with Gasteiger partial charge in [0.1, 0.15) is 12.4 Å². The van der Waals surface area contributed by atoms with E-state index in [-0.39, 0.29) is 18.9 Å². The van der Waals surface area contributed by atoms with E-state index in [1.54, 1.807) is 31.4 Å². The molecular formula is C19H22N2O5. The van der Waals surface area contributed by atoms with E-state index in [2.05, 4.69) is 10.6 Å². The summed E-state index contributed by atoms with van der Waals surface area (Å²) in [6, 6.07) is 14.2. The number of rotatable bonds is 8. The highest BCUT2D eigenvalue weighted by atomic mass is 16.6. The molecule has 0 unspecified atom stereocenters. The standard InChI is InChI=1S/C19H22N2O5/c1-24-9-10-26-19(23)21-16-7-4-6-15(13-16)20-18(22)12-14-5-3-8-17(11-14)25-2/h3-8,11,13H,9-10,12H2,1-2H3,(H,20,22)(H,21,23). The van der Waals surface area contributed by atoms with Gasteiger partial charge >= 0.3 is 6.09 Å². The largest absolute Gasteiger partial charge is 0.497 e. The molecular weight excluding hydrogens is 336 g/mol. The van der Waals surface area contributed by atoms with Crippen LogP contribution in [0.4, 0.5) is 16.2 Å². The first-order valence-electron chi connectivity index (χ1n) is 8.06. The Kier molecular flexibility index (Phi) is 7.45. The van der Waals surface area contributed by atoms with Gasteiger partial charge in [-0.3, -0.25) is 10.1 Å². The molecule has 7 heteroatoms. The first kappa shape index (κ1) is 19.3. The summed E-state index contributed by atoms with van der Waals surface area (Å²) in [7, 11) is 3.11. The van der Waals surface area contributed by atoms with Gasteiger partial charge < -0.3 is 19.5 Å². The molecule has 26 heavy (non-hydrogen) atoms. The first-order valence-corrected chi connectivity index (χ1v) is 8.06. The highest BCUT2D eigenvalue weighted by Crippen LogP contribution is 2.17. The van der Waals surface area contributed by atoms with Gasteiger partial charge in [-0.2, -0.15) is 0 Å². The van der Waals surface area contributed by atoms with Crippen molar-refractivity contribution in [2.75, 3.05) is 38.1 Å². The molecule has 2 amide bonds. The van der Waals surface area contributed by atoms with Crippen molar-refractivity contribution in [1.82, 2.24) is 0 Å². The van der Waals surface area contributed by atoms with Crippen LogP contribution in [0.3, 0.4) is 0 Å². The fourth-order valence-electron chi connectivity index (χ4n) is 2.22. The molecule has 0 aromatic heterocycles. The SMILES string of the molecule is COCCOC(=O)Nc1cccc(NC(=O)Cc2cccc(OC)c2)c1. The van der Waals surface area contributed by atoms with E-state index in [0.717, 1.165) is 5.56 Å². The fourth-order valence-corrected chi connectivity index (χ4v) is 2.22. The lowest BCUT2D eigenvalue weighted by atomic mass is 10.1. The lowest BCUT2D eigenvalue weighted by Gasteiger charge is -2.10. The molecule has 0 bridgehead atoms. The zero-order chi connectivity index (χ0) is 18.8. The third-order valence-electron chi connectivity index (χ3n) is 3.41. The number of carbonyl (C=O) groups excluding carboxylic acids is 2. The fraction of sp³-hybridized carbons (Fsp3) is 0.263. The minimum absolute atomic E-state index is 0.166. The smallest absolute Gasteiger partial charge is 0.411 e. The second-order valence-corrected chi connectivity index (χ2v) is 5.41. The van der Waals surface area contributed by atoms with Crippen molar-refractivity contribution in [3.05, 3.63) is 54.1 Å². The average Bonchev–Trinajstić information content (AvgIpc) is 2.62. The number of ether oxygens (including phenoxy) is 3. The van der Waals surface area contributed by atoms with Crippen LogP contribution in [-0.2, 0) is 20.7 Å². The van der Waals surface area contributed by atoms with Crippen LogP contribution in [0.25, 0.3) is 0 Å². The molecule has 0 aliphatic carbocycles. The van der Waals surface area contributed by atoms with Gasteiger partial charge in [0.2, 0.25) is 5.91 Å². The predicted molar refractivity (Wildman–Crippen MR) is 98.6 cm³/mol. The van der Waals surface area contributed by atoms with Crippen molar-refractivity contribution >= 4 is 23.4 Å². The minimum Gasteiger partial charge on any atom is -0.497 e. The number of hydrogen-bond acceptors (Lipinski definition) is 5. The molecule has 2 aromatic rings. The summed E-state index contributed by atoms with van der Waals surface area (Å²) in [4.78, 5) is 23.8. The normalized spacial score (nSPS) is 10.1. The Morgan fingerprint density at radius 2 is 1.65 bits per heavy atom. The summed E-state index contributed by atoms with van der Waals surface area (Å²) >= 11 is 0. The highest BCUT2D eigenvalue weighted by molar-refractivity contribution is 5.93. The summed E-state index contributed by atoms with van der Waals surface area (Å²) in [6.07, 6.45) is -0.365. The Bertz CT molecular complexity index is 748. The lowest BCUT2D eigenvalue weighted by Crippen LogP contribution is -2.17. The summed E-state index contributed by atoms with van der Waals surface area (Å²) in [5.74, 6) is 0.534. The number of methoxy groups -OCH3 is 2. The number of hydrogen-bond donors (Lipinski definition) is 2. The van der Waals surface area contributed by atoms with E-state index in [1.807, 2.05) is 24.3 Å². The second kappa shape index (κ2) is 10.0. The summed E-state index contributed by atoms with van der Waals surface area (Å²) in [6.45, 7) is 0.493. The van der Waals surface area contributed by atoms with Gasteiger partial charge in [-0.1, -0.05) is 18.2 Å². The van der Waals surface area contributed by atoms with Gasteiger partial charge in [0.15, 0.2) is 0 Å². The highest BCUT2D eigenvalue weighted by Gasteiger charge is 2.07. The number of amides is 2. The lowest BCUT2D eigenvalue weighted by molar-refractivity contribution is -0.115. The molecule has 138 valence electrons. The van der Waals surface area contributed by atoms with Crippen molar-refractivity contribution in [2.24, 2.45) is 0 Å². The van der Waals surface area contributed by atoms with E-state index >= 15 is 0 Å².